The van der Waals surface area contributed by atoms with Gasteiger partial charge in [-0.3, -0.25) is 4.98 Å². The number of nitrogens with zero attached hydrogens (tertiary/aromatic N) is 1. The zero-order chi connectivity index (χ0) is 15.2. The Kier molecular flexibility index (Phi) is 4.72. The van der Waals surface area contributed by atoms with Gasteiger partial charge < -0.3 is 9.84 Å². The van der Waals surface area contributed by atoms with E-state index in [1.807, 2.05) is 38.1 Å². The van der Waals surface area contributed by atoms with Crippen LogP contribution < -0.4 is 4.74 Å². The minimum absolute atomic E-state index is 0.458. The molecule has 0 bridgehead atoms. The number of aryl methyl sites for hydroxylation is 2. The Morgan fingerprint density at radius 3 is 2.62 bits per heavy atom. The Morgan fingerprint density at radius 1 is 1.33 bits per heavy atom. The monoisotopic (exact) mass is 283 g/mol. The number of carboxylic acids is 1. The molecule has 0 saturated heterocycles. The molecule has 4 heteroatoms. The average molecular weight is 283 g/mol. The normalized spacial score (nSPS) is 10.8. The summed E-state index contributed by atoms with van der Waals surface area (Å²) in [6, 6.07) is 7.65. The lowest BCUT2D eigenvalue weighted by atomic mass is 10.1. The van der Waals surface area contributed by atoms with Gasteiger partial charge in [0.25, 0.3) is 0 Å². The maximum absolute atomic E-state index is 10.6. The van der Waals surface area contributed by atoms with Crippen molar-refractivity contribution in [1.82, 2.24) is 4.98 Å². The van der Waals surface area contributed by atoms with Crippen LogP contribution in [0.1, 0.15) is 22.3 Å². The molecule has 0 unspecified atom stereocenters. The summed E-state index contributed by atoms with van der Waals surface area (Å²) in [6.07, 6.45) is 6.20. The average Bonchev–Trinajstić information content (AvgIpc) is 2.45. The van der Waals surface area contributed by atoms with Gasteiger partial charge in [0.15, 0.2) is 0 Å². The number of rotatable bonds is 5. The summed E-state index contributed by atoms with van der Waals surface area (Å²) >= 11 is 0. The molecular weight excluding hydrogens is 266 g/mol. The van der Waals surface area contributed by atoms with E-state index in [1.54, 1.807) is 18.5 Å². The first-order valence-electron chi connectivity index (χ1n) is 6.60. The summed E-state index contributed by atoms with van der Waals surface area (Å²) < 4.78 is 5.85. The number of hydrogen-bond acceptors (Lipinski definition) is 3. The minimum Gasteiger partial charge on any atom is -0.488 e. The van der Waals surface area contributed by atoms with Gasteiger partial charge in [-0.2, -0.15) is 0 Å². The van der Waals surface area contributed by atoms with Crippen LogP contribution in [0.2, 0.25) is 0 Å². The van der Waals surface area contributed by atoms with Crippen molar-refractivity contribution in [2.75, 3.05) is 0 Å². The van der Waals surface area contributed by atoms with Crippen LogP contribution in [-0.2, 0) is 11.4 Å². The fourth-order valence-corrected chi connectivity index (χ4v) is 2.11. The van der Waals surface area contributed by atoms with Crippen LogP contribution >= 0.6 is 0 Å². The number of hydrogen-bond donors (Lipinski definition) is 1. The molecule has 0 aliphatic carbocycles. The highest BCUT2D eigenvalue weighted by molar-refractivity contribution is 5.85. The summed E-state index contributed by atoms with van der Waals surface area (Å²) in [6.45, 7) is 4.35. The Morgan fingerprint density at radius 2 is 2.05 bits per heavy atom. The van der Waals surface area contributed by atoms with Crippen molar-refractivity contribution in [3.05, 3.63) is 65.0 Å². The van der Waals surface area contributed by atoms with Gasteiger partial charge in [0, 0.05) is 24.0 Å². The Labute approximate surface area is 123 Å². The molecule has 1 aromatic carbocycles. The number of benzene rings is 1. The quantitative estimate of drug-likeness (QED) is 0.855. The molecule has 21 heavy (non-hydrogen) atoms. The Balaban J connectivity index is 2.15. The van der Waals surface area contributed by atoms with Gasteiger partial charge in [0.05, 0.1) is 0 Å². The zero-order valence-corrected chi connectivity index (χ0v) is 12.0. The van der Waals surface area contributed by atoms with Crippen molar-refractivity contribution in [2.45, 2.75) is 20.5 Å². The Bertz CT molecular complexity index is 640. The highest BCUT2D eigenvalue weighted by Gasteiger charge is 2.06. The van der Waals surface area contributed by atoms with Crippen LogP contribution in [0.5, 0.6) is 5.75 Å². The summed E-state index contributed by atoms with van der Waals surface area (Å²) in [5.74, 6) is -0.131. The molecule has 0 fully saturated rings. The van der Waals surface area contributed by atoms with E-state index in [9.17, 15) is 4.79 Å². The fraction of sp³-hybridized carbons (Fsp3) is 0.176. The molecule has 0 aliphatic rings. The molecular formula is C17H17NO3. The third-order valence-electron chi connectivity index (χ3n) is 3.01. The topological polar surface area (TPSA) is 59.4 Å². The van der Waals surface area contributed by atoms with Gasteiger partial charge in [-0.1, -0.05) is 6.07 Å². The highest BCUT2D eigenvalue weighted by Crippen LogP contribution is 2.26. The van der Waals surface area contributed by atoms with Crippen molar-refractivity contribution < 1.29 is 14.6 Å². The van der Waals surface area contributed by atoms with Crippen LogP contribution in [0.4, 0.5) is 0 Å². The first-order chi connectivity index (χ1) is 10.1. The van der Waals surface area contributed by atoms with Gasteiger partial charge in [0.1, 0.15) is 12.4 Å². The number of aliphatic carboxylic acids is 1. The maximum Gasteiger partial charge on any atom is 0.328 e. The molecule has 0 radical (unpaired) electrons. The first-order valence-corrected chi connectivity index (χ1v) is 6.60. The lowest BCUT2D eigenvalue weighted by Crippen LogP contribution is -1.99. The van der Waals surface area contributed by atoms with Crippen LogP contribution in [-0.4, -0.2) is 16.1 Å². The number of carboxylic acid groups (broad SMARTS) is 1. The van der Waals surface area contributed by atoms with E-state index in [2.05, 4.69) is 4.98 Å². The largest absolute Gasteiger partial charge is 0.488 e. The molecule has 0 amide bonds. The molecule has 2 rings (SSSR count). The second kappa shape index (κ2) is 6.70. The fourth-order valence-electron chi connectivity index (χ4n) is 2.11. The van der Waals surface area contributed by atoms with E-state index in [0.29, 0.717) is 6.61 Å². The standard InChI is InChI=1S/C17H17NO3/c1-12-8-14(5-6-16(19)20)9-13(2)17(12)21-11-15-4-3-7-18-10-15/h3-10H,11H2,1-2H3,(H,19,20)/b6-5+. The van der Waals surface area contributed by atoms with Crippen LogP contribution in [0.15, 0.2) is 42.7 Å². The predicted octanol–water partition coefficient (Wildman–Crippen LogP) is 3.38. The molecule has 4 nitrogen and oxygen atoms in total. The molecule has 0 atom stereocenters. The van der Waals surface area contributed by atoms with Crippen molar-refractivity contribution in [3.63, 3.8) is 0 Å². The van der Waals surface area contributed by atoms with E-state index in [1.165, 1.54) is 0 Å². The molecule has 1 aromatic heterocycles. The van der Waals surface area contributed by atoms with Crippen LogP contribution in [0.3, 0.4) is 0 Å². The van der Waals surface area contributed by atoms with E-state index >= 15 is 0 Å². The number of ether oxygens (including phenoxy) is 1. The second-order valence-corrected chi connectivity index (χ2v) is 4.81. The second-order valence-electron chi connectivity index (χ2n) is 4.81. The number of carbonyl (C=O) groups is 1. The van der Waals surface area contributed by atoms with Gasteiger partial charge >= 0.3 is 5.97 Å². The minimum atomic E-state index is -0.956. The van der Waals surface area contributed by atoms with Crippen molar-refractivity contribution >= 4 is 12.0 Å². The van der Waals surface area contributed by atoms with E-state index in [4.69, 9.17) is 9.84 Å². The zero-order valence-electron chi connectivity index (χ0n) is 12.0. The highest BCUT2D eigenvalue weighted by atomic mass is 16.5. The molecule has 0 saturated carbocycles. The molecule has 2 aromatic rings. The van der Waals surface area contributed by atoms with Crippen LogP contribution in [0.25, 0.3) is 6.08 Å². The van der Waals surface area contributed by atoms with Gasteiger partial charge in [0.2, 0.25) is 0 Å². The lowest BCUT2D eigenvalue weighted by molar-refractivity contribution is -0.131. The molecule has 0 aliphatic heterocycles. The van der Waals surface area contributed by atoms with Gasteiger partial charge in [-0.25, -0.2) is 4.79 Å². The third-order valence-corrected chi connectivity index (χ3v) is 3.01. The third kappa shape index (κ3) is 4.18. The smallest absolute Gasteiger partial charge is 0.328 e. The molecule has 1 heterocycles. The number of aromatic nitrogens is 1. The SMILES string of the molecule is Cc1cc(/C=C/C(=O)O)cc(C)c1OCc1cccnc1. The predicted molar refractivity (Wildman–Crippen MR) is 81.2 cm³/mol. The summed E-state index contributed by atoms with van der Waals surface area (Å²) in [5, 5.41) is 8.66. The molecule has 0 spiro atoms. The van der Waals surface area contributed by atoms with E-state index < -0.39 is 5.97 Å². The van der Waals surface area contributed by atoms with Gasteiger partial charge in [-0.15, -0.1) is 0 Å². The van der Waals surface area contributed by atoms with Crippen LogP contribution in [0, 0.1) is 13.8 Å². The molecule has 108 valence electrons. The van der Waals surface area contributed by atoms with Crippen molar-refractivity contribution in [3.8, 4) is 5.75 Å². The van der Waals surface area contributed by atoms with Gasteiger partial charge in [-0.05, 0) is 54.8 Å². The maximum atomic E-state index is 10.6. The Hall–Kier alpha value is -2.62. The summed E-state index contributed by atoms with van der Waals surface area (Å²) in [5.41, 5.74) is 3.81. The first kappa shape index (κ1) is 14.8. The lowest BCUT2D eigenvalue weighted by Gasteiger charge is -2.13. The summed E-state index contributed by atoms with van der Waals surface area (Å²) in [7, 11) is 0. The molecule has 1 N–H and O–H groups in total. The van der Waals surface area contributed by atoms with Crippen molar-refractivity contribution in [1.29, 1.82) is 0 Å². The van der Waals surface area contributed by atoms with E-state index in [0.717, 1.165) is 34.1 Å². The van der Waals surface area contributed by atoms with E-state index in [-0.39, 0.29) is 0 Å². The number of pyridine rings is 1. The van der Waals surface area contributed by atoms with Crippen molar-refractivity contribution in [2.24, 2.45) is 0 Å². The summed E-state index contributed by atoms with van der Waals surface area (Å²) in [4.78, 5) is 14.6.